The van der Waals surface area contributed by atoms with Crippen molar-refractivity contribution >= 4 is 81.5 Å². The van der Waals surface area contributed by atoms with Crippen LogP contribution in [0.5, 0.6) is 0 Å². The van der Waals surface area contributed by atoms with Gasteiger partial charge in [0.05, 0.1) is 18.2 Å². The Labute approximate surface area is 360 Å². The van der Waals surface area contributed by atoms with Crippen molar-refractivity contribution in [1.29, 1.82) is 5.26 Å². The molecule has 7 rings (SSSR count). The Morgan fingerprint density at radius 3 is 1.79 bits per heavy atom. The number of nitrogens with two attached hydrogens (primary N) is 1. The maximum atomic E-state index is 12.1. The maximum absolute atomic E-state index is 12.1. The van der Waals surface area contributed by atoms with E-state index in [2.05, 4.69) is 63.8 Å². The first kappa shape index (κ1) is 46.9. The average Bonchev–Trinajstić information content (AvgIpc) is 3.65. The molecular formula is C40H57Cl3N10O2S2. The highest BCUT2D eigenvalue weighted by Gasteiger charge is 2.35. The van der Waals surface area contributed by atoms with Gasteiger partial charge in [-0.1, -0.05) is 58.2 Å². The highest BCUT2D eigenvalue weighted by atomic mass is 35.5. The number of hydrogen-bond acceptors (Lipinski definition) is 12. The van der Waals surface area contributed by atoms with Gasteiger partial charge in [0.1, 0.15) is 11.6 Å². The molecule has 3 aromatic rings. The normalized spacial score (nSPS) is 21.7. The molecule has 2 aromatic carbocycles. The molecule has 4 saturated heterocycles. The molecule has 17 heteroatoms. The van der Waals surface area contributed by atoms with Gasteiger partial charge in [-0.15, -0.1) is 17.5 Å². The third-order valence-corrected chi connectivity index (χ3v) is 14.1. The molecule has 5 heterocycles. The summed E-state index contributed by atoms with van der Waals surface area (Å²) in [6, 6.07) is 18.1. The fourth-order valence-corrected chi connectivity index (χ4v) is 10.1. The number of thioether (sulfide) groups is 1. The van der Waals surface area contributed by atoms with E-state index in [-0.39, 0.29) is 23.1 Å². The van der Waals surface area contributed by atoms with Gasteiger partial charge in [-0.25, -0.2) is 5.10 Å². The number of piperidine rings is 4. The summed E-state index contributed by atoms with van der Waals surface area (Å²) < 4.78 is 3.63. The number of Topliss-reactive ketones (excluding diaryl/α,β-unsaturated/α-hetero) is 2. The van der Waals surface area contributed by atoms with Crippen LogP contribution in [0.2, 0.25) is 10.0 Å². The number of nitrogen functional groups attached to an aromatic ring is 1. The third kappa shape index (κ3) is 15.1. The fourth-order valence-electron chi connectivity index (χ4n) is 8.10. The van der Waals surface area contributed by atoms with Crippen LogP contribution >= 0.6 is 47.4 Å². The lowest BCUT2D eigenvalue weighted by Gasteiger charge is -2.44. The molecule has 0 saturated carbocycles. The van der Waals surface area contributed by atoms with Crippen molar-refractivity contribution in [2.75, 3.05) is 67.5 Å². The molecule has 0 amide bonds. The lowest BCUT2D eigenvalue weighted by Crippen LogP contribution is -2.54. The number of likely N-dealkylation sites (tertiary alicyclic amines) is 2. The molecule has 0 aliphatic carbocycles. The zero-order chi connectivity index (χ0) is 39.9. The van der Waals surface area contributed by atoms with Gasteiger partial charge in [0.15, 0.2) is 0 Å². The molecule has 3 atom stereocenters. The maximum Gasteiger partial charge on any atom is 0.246 e. The highest BCUT2D eigenvalue weighted by Crippen LogP contribution is 2.29. The molecule has 1 aromatic heterocycles. The van der Waals surface area contributed by atoms with Gasteiger partial charge < -0.3 is 16.0 Å². The second kappa shape index (κ2) is 24.4. The van der Waals surface area contributed by atoms with E-state index in [1.165, 1.54) is 11.1 Å². The Bertz CT molecular complexity index is 1760. The first-order valence-electron chi connectivity index (χ1n) is 19.5. The summed E-state index contributed by atoms with van der Waals surface area (Å²) in [4.78, 5) is 35.3. The zero-order valence-corrected chi connectivity index (χ0v) is 36.9. The molecule has 12 nitrogen and oxygen atoms in total. The van der Waals surface area contributed by atoms with Gasteiger partial charge in [-0.05, 0) is 112 Å². The van der Waals surface area contributed by atoms with E-state index in [9.17, 15) is 9.59 Å². The lowest BCUT2D eigenvalue weighted by molar-refractivity contribution is -0.125. The Morgan fingerprint density at radius 1 is 0.860 bits per heavy atom. The summed E-state index contributed by atoms with van der Waals surface area (Å²) in [6.45, 7) is 5.10. The second-order valence-corrected chi connectivity index (χ2v) is 18.7. The van der Waals surface area contributed by atoms with E-state index in [4.69, 9.17) is 34.2 Å². The summed E-state index contributed by atoms with van der Waals surface area (Å²) in [5, 5.41) is 20.8. The number of nitrogens with zero attached hydrogens (tertiary/aromatic N) is 7. The molecule has 4 N–H and O–H groups in total. The highest BCUT2D eigenvalue weighted by molar-refractivity contribution is 8.10. The third-order valence-electron chi connectivity index (χ3n) is 10.9. The summed E-state index contributed by atoms with van der Waals surface area (Å²) in [5.74, 6) is 1.77. The quantitative estimate of drug-likeness (QED) is 0.199. The first-order valence-corrected chi connectivity index (χ1v) is 23.4. The average molecular weight is 880 g/mol. The Morgan fingerprint density at radius 2 is 1.35 bits per heavy atom. The van der Waals surface area contributed by atoms with Crippen molar-refractivity contribution < 1.29 is 9.59 Å². The molecule has 57 heavy (non-hydrogen) atoms. The minimum absolute atomic E-state index is 0. The van der Waals surface area contributed by atoms with Crippen molar-refractivity contribution in [3.8, 4) is 6.19 Å². The van der Waals surface area contributed by atoms with E-state index in [1.807, 2.05) is 36.8 Å². The van der Waals surface area contributed by atoms with E-state index >= 15 is 0 Å². The zero-order valence-electron chi connectivity index (χ0n) is 33.0. The number of hydrogen-bond donors (Lipinski definition) is 3. The monoisotopic (exact) mass is 878 g/mol. The molecular weight excluding hydrogens is 823 g/mol. The topological polar surface area (TPSA) is 160 Å². The molecule has 4 aliphatic heterocycles. The van der Waals surface area contributed by atoms with E-state index < -0.39 is 0 Å². The van der Waals surface area contributed by atoms with Gasteiger partial charge in [-0.2, -0.15) is 26.4 Å². The number of aromatic nitrogens is 3. The number of anilines is 2. The number of carbonyl (C=O) groups is 2. The minimum Gasteiger partial charge on any atom is -0.368 e. The summed E-state index contributed by atoms with van der Waals surface area (Å²) in [5.41, 5.74) is 8.23. The molecule has 4 fully saturated rings. The smallest absolute Gasteiger partial charge is 0.246 e. The second-order valence-electron chi connectivity index (χ2n) is 14.9. The van der Waals surface area contributed by atoms with Crippen LogP contribution in [-0.4, -0.2) is 118 Å². The standard InChI is InChI=1S/C19H25ClN6O.C17H23ClN2O.C4H8N2S2.ClH/c20-14-3-1-13(2-4-14)11-16-5-6-17(27)12-26(16)15-7-9-25(10-8-15)19-22-18(21)23-24-19;18-14-3-1-13(2-4-14)11-16-5-6-17(21)12-20(16)15-7-9-19-10-8-15;1-7-4-8(2)6-3-5;/h1-4,15-16H,5-12H2,(H3,21,22,23,24);1-4,15-16,19H,5-12H2;4H2,1-2H3;1H. The van der Waals surface area contributed by atoms with Crippen LogP contribution < -0.4 is 16.0 Å². The summed E-state index contributed by atoms with van der Waals surface area (Å²) >= 11 is 13.7. The number of benzene rings is 2. The van der Waals surface area contributed by atoms with Gasteiger partial charge >= 0.3 is 0 Å². The van der Waals surface area contributed by atoms with Crippen molar-refractivity contribution in [2.24, 2.45) is 4.36 Å². The van der Waals surface area contributed by atoms with Gasteiger partial charge in [-0.3, -0.25) is 19.4 Å². The minimum atomic E-state index is -0.0432. The van der Waals surface area contributed by atoms with E-state index in [0.717, 1.165) is 99.1 Å². The molecule has 0 bridgehead atoms. The van der Waals surface area contributed by atoms with Crippen molar-refractivity contribution in [1.82, 2.24) is 30.3 Å². The largest absolute Gasteiger partial charge is 0.368 e. The number of ketones is 2. The van der Waals surface area contributed by atoms with Crippen LogP contribution in [0.1, 0.15) is 62.5 Å². The predicted molar refractivity (Wildman–Crippen MR) is 239 cm³/mol. The van der Waals surface area contributed by atoms with Gasteiger partial charge in [0.25, 0.3) is 0 Å². The van der Waals surface area contributed by atoms with Crippen LogP contribution in [0.25, 0.3) is 0 Å². The number of H-pyrrole nitrogens is 1. The van der Waals surface area contributed by atoms with Crippen LogP contribution in [0.15, 0.2) is 52.9 Å². The summed E-state index contributed by atoms with van der Waals surface area (Å²) in [7, 11) is -0.0432. The SMILES string of the molecule is CSCS(C)=NC#N.Cl.Nc1nc(N2CCC(N3CC(=O)CCC3Cc3ccc(Cl)cc3)CC2)n[nH]1.O=C1CCC(Cc2ccc(Cl)cc2)N(C2CCNCC2)C1. The summed E-state index contributed by atoms with van der Waals surface area (Å²) in [6.07, 6.45) is 15.4. The van der Waals surface area contributed by atoms with Gasteiger partial charge in [0, 0.05) is 60.1 Å². The van der Waals surface area contributed by atoms with Crippen LogP contribution in [0.4, 0.5) is 11.9 Å². The predicted octanol–water partition coefficient (Wildman–Crippen LogP) is 6.59. The molecule has 4 aliphatic rings. The van der Waals surface area contributed by atoms with Crippen LogP contribution in [0.3, 0.4) is 0 Å². The Hall–Kier alpha value is -2.74. The Balaban J connectivity index is 0.000000214. The van der Waals surface area contributed by atoms with Gasteiger partial charge in [0.2, 0.25) is 18.1 Å². The van der Waals surface area contributed by atoms with Crippen molar-refractivity contribution in [2.45, 2.75) is 88.4 Å². The number of aromatic amines is 1. The molecule has 3 unspecified atom stereocenters. The fraction of sp³-hybridized carbons (Fsp3) is 0.575. The number of halogens is 3. The van der Waals surface area contributed by atoms with E-state index in [0.29, 0.717) is 67.1 Å². The first-order chi connectivity index (χ1) is 27.1. The number of nitrogens with one attached hydrogen (secondary N) is 2. The van der Waals surface area contributed by atoms with Crippen molar-refractivity contribution in [3.63, 3.8) is 0 Å². The van der Waals surface area contributed by atoms with Crippen LogP contribution in [0, 0.1) is 11.5 Å². The van der Waals surface area contributed by atoms with Crippen molar-refractivity contribution in [3.05, 3.63) is 69.7 Å². The van der Waals surface area contributed by atoms with Crippen LogP contribution in [-0.2, 0) is 33.1 Å². The lowest BCUT2D eigenvalue weighted by atomic mass is 9.91. The number of nitriles is 1. The molecule has 312 valence electrons. The number of carbonyl (C=O) groups excluding carboxylic acids is 2. The molecule has 0 radical (unpaired) electrons. The Kier molecular flexibility index (Phi) is 20.1. The molecule has 0 spiro atoms. The van der Waals surface area contributed by atoms with E-state index in [1.54, 1.807) is 18.0 Å². The number of rotatable bonds is 9.